The zero-order valence-corrected chi connectivity index (χ0v) is 6.53. The molecule has 0 saturated heterocycles. The van der Waals surface area contributed by atoms with Crippen LogP contribution in [0, 0.1) is 0 Å². The molecule has 0 N–H and O–H groups in total. The third-order valence-electron chi connectivity index (χ3n) is 0.604. The molecular weight excluding hydrogens is 132 g/mol. The van der Waals surface area contributed by atoms with Gasteiger partial charge in [0.2, 0.25) is 0 Å². The Morgan fingerprint density at radius 2 is 2.11 bits per heavy atom. The first-order valence-corrected chi connectivity index (χ1v) is 3.68. The number of aliphatic imine (C=N–C) groups is 2. The summed E-state index contributed by atoms with van der Waals surface area (Å²) in [6.45, 7) is 8.77. The van der Waals surface area contributed by atoms with Gasteiger partial charge in [-0.3, -0.25) is 0 Å². The molecule has 2 nitrogen and oxygen atoms in total. The number of allylic oxidation sites excluding steroid dienone is 1. The number of hydrogen-bond donors (Lipinski definition) is 0. The molecule has 0 aromatic carbocycles. The Hall–Kier alpha value is -0.570. The summed E-state index contributed by atoms with van der Waals surface area (Å²) in [6, 6.07) is 0. The standard InChI is InChI=1S/C6H10N2S/c1-5(2)8-6(7-3)9-4/h1,3H2,2,4H3. The maximum Gasteiger partial charge on any atom is 0.186 e. The van der Waals surface area contributed by atoms with Crippen LogP contribution in [0.1, 0.15) is 6.92 Å². The lowest BCUT2D eigenvalue weighted by atomic mass is 10.6. The van der Waals surface area contributed by atoms with Gasteiger partial charge in [-0.2, -0.15) is 0 Å². The van der Waals surface area contributed by atoms with E-state index in [0.717, 1.165) is 5.70 Å². The zero-order valence-electron chi connectivity index (χ0n) is 5.72. The van der Waals surface area contributed by atoms with E-state index in [1.807, 2.05) is 13.2 Å². The molecule has 0 aliphatic rings. The van der Waals surface area contributed by atoms with Crippen molar-refractivity contribution in [3.63, 3.8) is 0 Å². The van der Waals surface area contributed by atoms with E-state index in [0.29, 0.717) is 5.17 Å². The van der Waals surface area contributed by atoms with Crippen LogP contribution in [0.4, 0.5) is 0 Å². The first-order valence-electron chi connectivity index (χ1n) is 2.45. The molecule has 0 saturated carbocycles. The molecule has 0 bridgehead atoms. The quantitative estimate of drug-likeness (QED) is 0.405. The molecule has 0 unspecified atom stereocenters. The van der Waals surface area contributed by atoms with Crippen molar-refractivity contribution in [2.24, 2.45) is 9.98 Å². The van der Waals surface area contributed by atoms with Crippen LogP contribution >= 0.6 is 11.8 Å². The molecule has 0 heterocycles. The smallest absolute Gasteiger partial charge is 0.186 e. The van der Waals surface area contributed by atoms with Gasteiger partial charge in [0.1, 0.15) is 0 Å². The highest BCUT2D eigenvalue weighted by molar-refractivity contribution is 8.13. The van der Waals surface area contributed by atoms with Crippen molar-refractivity contribution in [2.75, 3.05) is 6.26 Å². The first kappa shape index (κ1) is 8.43. The summed E-state index contributed by atoms with van der Waals surface area (Å²) in [5, 5.41) is 0.669. The minimum absolute atomic E-state index is 0.669. The molecular formula is C6H10N2S. The van der Waals surface area contributed by atoms with Crippen LogP contribution < -0.4 is 0 Å². The number of rotatable bonds is 1. The minimum Gasteiger partial charge on any atom is -0.239 e. The predicted molar refractivity (Wildman–Crippen MR) is 45.3 cm³/mol. The van der Waals surface area contributed by atoms with Gasteiger partial charge in [-0.25, -0.2) is 9.98 Å². The molecule has 0 aliphatic heterocycles. The second-order valence-electron chi connectivity index (χ2n) is 1.49. The number of nitrogens with zero attached hydrogens (tertiary/aromatic N) is 2. The van der Waals surface area contributed by atoms with Crippen molar-refractivity contribution in [1.82, 2.24) is 0 Å². The van der Waals surface area contributed by atoms with E-state index >= 15 is 0 Å². The van der Waals surface area contributed by atoms with Gasteiger partial charge in [0.25, 0.3) is 0 Å². The average molecular weight is 142 g/mol. The maximum atomic E-state index is 3.97. The molecule has 0 aromatic heterocycles. The van der Waals surface area contributed by atoms with E-state index in [2.05, 4.69) is 23.3 Å². The summed E-state index contributed by atoms with van der Waals surface area (Å²) >= 11 is 1.46. The second kappa shape index (κ2) is 4.32. The number of thioether (sulfide) groups is 1. The SMILES string of the molecule is C=NC(=NC(=C)C)SC. The minimum atomic E-state index is 0.669. The van der Waals surface area contributed by atoms with Gasteiger partial charge in [-0.05, 0) is 19.9 Å². The molecule has 0 rings (SSSR count). The normalized spacial score (nSPS) is 11.1. The largest absolute Gasteiger partial charge is 0.239 e. The van der Waals surface area contributed by atoms with Crippen LogP contribution in [0.25, 0.3) is 0 Å². The molecule has 3 heteroatoms. The third kappa shape index (κ3) is 3.97. The summed E-state index contributed by atoms with van der Waals surface area (Å²) in [5.74, 6) is 0. The van der Waals surface area contributed by atoms with E-state index in [1.165, 1.54) is 11.8 Å². The van der Waals surface area contributed by atoms with Gasteiger partial charge in [0.05, 0.1) is 0 Å². The van der Waals surface area contributed by atoms with Crippen molar-refractivity contribution in [1.29, 1.82) is 0 Å². The molecule has 9 heavy (non-hydrogen) atoms. The highest BCUT2D eigenvalue weighted by Crippen LogP contribution is 2.02. The summed E-state index contributed by atoms with van der Waals surface area (Å²) < 4.78 is 0. The topological polar surface area (TPSA) is 24.7 Å². The second-order valence-corrected chi connectivity index (χ2v) is 2.27. The average Bonchev–Trinajstić information content (AvgIpc) is 1.82. The van der Waals surface area contributed by atoms with Gasteiger partial charge in [-0.1, -0.05) is 18.3 Å². The van der Waals surface area contributed by atoms with E-state index in [1.54, 1.807) is 0 Å². The molecule has 0 spiro atoms. The monoisotopic (exact) mass is 142 g/mol. The summed E-state index contributed by atoms with van der Waals surface area (Å²) in [6.07, 6.45) is 1.90. The molecule has 0 radical (unpaired) electrons. The fourth-order valence-corrected chi connectivity index (χ4v) is 0.685. The van der Waals surface area contributed by atoms with Crippen LogP contribution in [0.15, 0.2) is 22.3 Å². The number of amidine groups is 1. The van der Waals surface area contributed by atoms with Crippen molar-refractivity contribution in [2.45, 2.75) is 6.92 Å². The molecule has 50 valence electrons. The van der Waals surface area contributed by atoms with Gasteiger partial charge < -0.3 is 0 Å². The summed E-state index contributed by atoms with van der Waals surface area (Å²) in [7, 11) is 0. The van der Waals surface area contributed by atoms with E-state index in [-0.39, 0.29) is 0 Å². The lowest BCUT2D eigenvalue weighted by Crippen LogP contribution is -1.83. The Labute approximate surface area is 59.8 Å². The van der Waals surface area contributed by atoms with Crippen LogP contribution in [0.2, 0.25) is 0 Å². The summed E-state index contributed by atoms with van der Waals surface area (Å²) in [5.41, 5.74) is 0.756. The lowest BCUT2D eigenvalue weighted by molar-refractivity contribution is 1.33. The van der Waals surface area contributed by atoms with Crippen molar-refractivity contribution in [3.8, 4) is 0 Å². The number of hydrogen-bond acceptors (Lipinski definition) is 2. The van der Waals surface area contributed by atoms with E-state index in [9.17, 15) is 0 Å². The molecule has 0 atom stereocenters. The predicted octanol–water partition coefficient (Wildman–Crippen LogP) is 1.94. The highest BCUT2D eigenvalue weighted by Gasteiger charge is 1.87. The van der Waals surface area contributed by atoms with Crippen LogP contribution in [0.5, 0.6) is 0 Å². The maximum absolute atomic E-state index is 3.97. The first-order chi connectivity index (χ1) is 4.20. The van der Waals surface area contributed by atoms with Crippen LogP contribution in [-0.2, 0) is 0 Å². The Morgan fingerprint density at radius 1 is 1.56 bits per heavy atom. The van der Waals surface area contributed by atoms with Gasteiger partial charge in [0, 0.05) is 5.70 Å². The zero-order chi connectivity index (χ0) is 7.28. The van der Waals surface area contributed by atoms with Crippen LogP contribution in [0.3, 0.4) is 0 Å². The van der Waals surface area contributed by atoms with Crippen molar-refractivity contribution in [3.05, 3.63) is 12.3 Å². The summed E-state index contributed by atoms with van der Waals surface area (Å²) in [4.78, 5) is 7.62. The molecule has 0 aliphatic carbocycles. The van der Waals surface area contributed by atoms with Gasteiger partial charge in [-0.15, -0.1) is 0 Å². The van der Waals surface area contributed by atoms with Gasteiger partial charge in [0.15, 0.2) is 5.17 Å². The fourth-order valence-electron chi connectivity index (χ4n) is 0.309. The van der Waals surface area contributed by atoms with Crippen molar-refractivity contribution < 1.29 is 0 Å². The van der Waals surface area contributed by atoms with Gasteiger partial charge >= 0.3 is 0 Å². The Morgan fingerprint density at radius 3 is 2.22 bits per heavy atom. The Balaban J connectivity index is 4.07. The highest BCUT2D eigenvalue weighted by atomic mass is 32.2. The van der Waals surface area contributed by atoms with Crippen molar-refractivity contribution >= 4 is 23.6 Å². The molecule has 0 amide bonds. The fraction of sp³-hybridized carbons (Fsp3) is 0.333. The Kier molecular flexibility index (Phi) is 4.05. The lowest BCUT2D eigenvalue weighted by Gasteiger charge is -1.91. The van der Waals surface area contributed by atoms with E-state index < -0.39 is 0 Å². The molecule has 0 aromatic rings. The van der Waals surface area contributed by atoms with E-state index in [4.69, 9.17) is 0 Å². The third-order valence-corrected chi connectivity index (χ3v) is 1.19. The van der Waals surface area contributed by atoms with Crippen LogP contribution in [-0.4, -0.2) is 18.1 Å². The Bertz CT molecular complexity index is 149. The molecule has 0 fully saturated rings.